The average molecular weight is 304 g/mol. The van der Waals surface area contributed by atoms with Crippen LogP contribution < -0.4 is 5.32 Å². The number of carboxylic acid groups (broad SMARTS) is 1. The zero-order valence-electron chi connectivity index (χ0n) is 12.3. The Morgan fingerprint density at radius 1 is 1.33 bits per heavy atom. The molecule has 0 aliphatic carbocycles. The highest BCUT2D eigenvalue weighted by molar-refractivity contribution is 7.15. The molecule has 112 valence electrons. The SMILES string of the molecule is CCCCc1ccc(Nc2nc(CC(=O)O)c(C)s2)cc1. The van der Waals surface area contributed by atoms with Gasteiger partial charge in [-0.25, -0.2) is 4.98 Å². The molecule has 0 spiro atoms. The van der Waals surface area contributed by atoms with E-state index in [0.29, 0.717) is 5.69 Å². The highest BCUT2D eigenvalue weighted by Gasteiger charge is 2.11. The number of carbonyl (C=O) groups is 1. The van der Waals surface area contributed by atoms with Crippen LogP contribution in [0.5, 0.6) is 0 Å². The van der Waals surface area contributed by atoms with Gasteiger partial charge in [0, 0.05) is 10.6 Å². The molecule has 0 radical (unpaired) electrons. The smallest absolute Gasteiger partial charge is 0.309 e. The Hall–Kier alpha value is -1.88. The van der Waals surface area contributed by atoms with E-state index in [2.05, 4.69) is 29.4 Å². The van der Waals surface area contributed by atoms with Crippen LogP contribution in [0.15, 0.2) is 24.3 Å². The summed E-state index contributed by atoms with van der Waals surface area (Å²) in [4.78, 5) is 16.0. The van der Waals surface area contributed by atoms with Crippen molar-refractivity contribution in [1.82, 2.24) is 4.98 Å². The van der Waals surface area contributed by atoms with Gasteiger partial charge >= 0.3 is 5.97 Å². The molecule has 0 aliphatic heterocycles. The molecule has 0 amide bonds. The van der Waals surface area contributed by atoms with Crippen molar-refractivity contribution in [2.75, 3.05) is 5.32 Å². The van der Waals surface area contributed by atoms with Crippen LogP contribution in [-0.4, -0.2) is 16.1 Å². The zero-order chi connectivity index (χ0) is 15.2. The van der Waals surface area contributed by atoms with Gasteiger partial charge in [0.25, 0.3) is 0 Å². The third-order valence-corrected chi connectivity index (χ3v) is 4.16. The van der Waals surface area contributed by atoms with Crippen molar-refractivity contribution in [2.24, 2.45) is 0 Å². The number of aryl methyl sites for hydroxylation is 2. The number of hydrogen-bond acceptors (Lipinski definition) is 4. The van der Waals surface area contributed by atoms with Crippen molar-refractivity contribution in [3.8, 4) is 0 Å². The quantitative estimate of drug-likeness (QED) is 0.806. The molecule has 0 saturated heterocycles. The van der Waals surface area contributed by atoms with Gasteiger partial charge < -0.3 is 10.4 Å². The Labute approximate surface area is 128 Å². The summed E-state index contributed by atoms with van der Waals surface area (Å²) in [7, 11) is 0. The molecule has 0 saturated carbocycles. The second-order valence-corrected chi connectivity index (χ2v) is 6.22. The molecular weight excluding hydrogens is 284 g/mol. The minimum Gasteiger partial charge on any atom is -0.481 e. The maximum Gasteiger partial charge on any atom is 0.309 e. The van der Waals surface area contributed by atoms with Gasteiger partial charge in [-0.05, 0) is 37.5 Å². The van der Waals surface area contributed by atoms with Crippen LogP contribution in [0.1, 0.15) is 35.9 Å². The van der Waals surface area contributed by atoms with Gasteiger partial charge in [0.2, 0.25) is 0 Å². The molecule has 1 aromatic heterocycles. The summed E-state index contributed by atoms with van der Waals surface area (Å²) in [5.41, 5.74) is 2.95. The van der Waals surface area contributed by atoms with Crippen LogP contribution in [-0.2, 0) is 17.6 Å². The summed E-state index contributed by atoms with van der Waals surface area (Å²) < 4.78 is 0. The fourth-order valence-electron chi connectivity index (χ4n) is 2.05. The van der Waals surface area contributed by atoms with E-state index < -0.39 is 5.97 Å². The predicted octanol–water partition coefficient (Wildman–Crippen LogP) is 4.16. The van der Waals surface area contributed by atoms with Crippen molar-refractivity contribution in [3.05, 3.63) is 40.4 Å². The molecule has 4 nitrogen and oxygen atoms in total. The first-order valence-electron chi connectivity index (χ1n) is 7.12. The normalized spacial score (nSPS) is 10.6. The second kappa shape index (κ2) is 7.22. The van der Waals surface area contributed by atoms with Crippen LogP contribution in [0.2, 0.25) is 0 Å². The van der Waals surface area contributed by atoms with E-state index in [0.717, 1.165) is 22.1 Å². The van der Waals surface area contributed by atoms with Crippen molar-refractivity contribution < 1.29 is 9.90 Å². The molecule has 1 heterocycles. The Kier molecular flexibility index (Phi) is 5.33. The third kappa shape index (κ3) is 4.56. The lowest BCUT2D eigenvalue weighted by Gasteiger charge is -2.04. The molecule has 5 heteroatoms. The molecule has 2 aromatic rings. The second-order valence-electron chi connectivity index (χ2n) is 5.02. The number of aromatic nitrogens is 1. The number of nitrogens with zero attached hydrogens (tertiary/aromatic N) is 1. The minimum absolute atomic E-state index is 0.0278. The number of carboxylic acids is 1. The van der Waals surface area contributed by atoms with E-state index in [9.17, 15) is 4.79 Å². The number of rotatable bonds is 7. The van der Waals surface area contributed by atoms with E-state index in [1.54, 1.807) is 0 Å². The van der Waals surface area contributed by atoms with Gasteiger partial charge in [0.1, 0.15) is 0 Å². The molecule has 0 atom stereocenters. The van der Waals surface area contributed by atoms with Gasteiger partial charge in [0.15, 0.2) is 5.13 Å². The Morgan fingerprint density at radius 3 is 2.67 bits per heavy atom. The van der Waals surface area contributed by atoms with Crippen molar-refractivity contribution >= 4 is 28.1 Å². The van der Waals surface area contributed by atoms with Crippen molar-refractivity contribution in [1.29, 1.82) is 0 Å². The van der Waals surface area contributed by atoms with Gasteiger partial charge in [0.05, 0.1) is 12.1 Å². The maximum absolute atomic E-state index is 10.8. The highest BCUT2D eigenvalue weighted by atomic mass is 32.1. The number of thiazole rings is 1. The highest BCUT2D eigenvalue weighted by Crippen LogP contribution is 2.26. The van der Waals surface area contributed by atoms with Crippen LogP contribution in [0.3, 0.4) is 0 Å². The lowest BCUT2D eigenvalue weighted by Crippen LogP contribution is -2.01. The number of nitrogens with one attached hydrogen (secondary N) is 1. The zero-order valence-corrected chi connectivity index (χ0v) is 13.2. The summed E-state index contributed by atoms with van der Waals surface area (Å²) >= 11 is 1.48. The number of hydrogen-bond donors (Lipinski definition) is 2. The number of aliphatic carboxylic acids is 1. The minimum atomic E-state index is -0.852. The molecule has 2 N–H and O–H groups in total. The fourth-order valence-corrected chi connectivity index (χ4v) is 2.90. The van der Waals surface area contributed by atoms with E-state index >= 15 is 0 Å². The third-order valence-electron chi connectivity index (χ3n) is 3.24. The van der Waals surface area contributed by atoms with E-state index in [1.165, 1.54) is 29.7 Å². The Bertz CT molecular complexity index is 605. The van der Waals surface area contributed by atoms with Crippen LogP contribution in [0.4, 0.5) is 10.8 Å². The Morgan fingerprint density at radius 2 is 2.05 bits per heavy atom. The molecule has 0 bridgehead atoms. The molecule has 1 aromatic carbocycles. The monoisotopic (exact) mass is 304 g/mol. The molecular formula is C16H20N2O2S. The number of anilines is 2. The summed E-state index contributed by atoms with van der Waals surface area (Å²) in [6.07, 6.45) is 3.48. The predicted molar refractivity (Wildman–Crippen MR) is 86.5 cm³/mol. The first-order chi connectivity index (χ1) is 10.1. The molecule has 0 aliphatic rings. The van der Waals surface area contributed by atoms with Crippen LogP contribution in [0.25, 0.3) is 0 Å². The van der Waals surface area contributed by atoms with Gasteiger partial charge in [-0.2, -0.15) is 0 Å². The first kappa shape index (κ1) is 15.5. The molecule has 21 heavy (non-hydrogen) atoms. The summed E-state index contributed by atoms with van der Waals surface area (Å²) in [6.45, 7) is 4.09. The van der Waals surface area contributed by atoms with Gasteiger partial charge in [-0.1, -0.05) is 25.5 Å². The number of unbranched alkanes of at least 4 members (excludes halogenated alkanes) is 1. The first-order valence-corrected chi connectivity index (χ1v) is 7.94. The van der Waals surface area contributed by atoms with Crippen molar-refractivity contribution in [3.63, 3.8) is 0 Å². The number of benzene rings is 1. The average Bonchev–Trinajstić information content (AvgIpc) is 2.77. The van der Waals surface area contributed by atoms with Crippen LogP contribution >= 0.6 is 11.3 Å². The lowest BCUT2D eigenvalue weighted by molar-refractivity contribution is -0.136. The Balaban J connectivity index is 2.02. The van der Waals surface area contributed by atoms with Crippen LogP contribution in [0, 0.1) is 6.92 Å². The lowest BCUT2D eigenvalue weighted by atomic mass is 10.1. The van der Waals surface area contributed by atoms with E-state index in [1.807, 2.05) is 19.1 Å². The van der Waals surface area contributed by atoms with E-state index in [-0.39, 0.29) is 6.42 Å². The van der Waals surface area contributed by atoms with E-state index in [4.69, 9.17) is 5.11 Å². The summed E-state index contributed by atoms with van der Waals surface area (Å²) in [5.74, 6) is -0.852. The topological polar surface area (TPSA) is 62.2 Å². The molecule has 0 fully saturated rings. The fraction of sp³-hybridized carbons (Fsp3) is 0.375. The summed E-state index contributed by atoms with van der Waals surface area (Å²) in [6, 6.07) is 8.32. The van der Waals surface area contributed by atoms with Crippen molar-refractivity contribution in [2.45, 2.75) is 39.5 Å². The van der Waals surface area contributed by atoms with Gasteiger partial charge in [-0.15, -0.1) is 11.3 Å². The molecule has 0 unspecified atom stereocenters. The maximum atomic E-state index is 10.8. The standard InChI is InChI=1S/C16H20N2O2S/c1-3-4-5-12-6-8-13(9-7-12)17-16-18-14(10-15(19)20)11(2)21-16/h6-9H,3-5,10H2,1-2H3,(H,17,18)(H,19,20). The largest absolute Gasteiger partial charge is 0.481 e. The van der Waals surface area contributed by atoms with Gasteiger partial charge in [-0.3, -0.25) is 4.79 Å². The molecule has 2 rings (SSSR count). The summed E-state index contributed by atoms with van der Waals surface area (Å²) in [5, 5.41) is 12.8.